The third-order valence-corrected chi connectivity index (χ3v) is 3.06. The lowest BCUT2D eigenvalue weighted by Gasteiger charge is -2.03. The number of esters is 1. The predicted octanol–water partition coefficient (Wildman–Crippen LogP) is 2.51. The number of hydrogen-bond acceptors (Lipinski definition) is 3. The minimum absolute atomic E-state index is 0.0493. The standard InChI is InChI=1S/C15H19NO2Si/c1-18-15(17)12-16-11-14-7-5-13(6-8-14)9-10-19(2,3)4/h5-8,11H,12H2,1-4H3. The van der Waals surface area contributed by atoms with Crippen LogP contribution >= 0.6 is 0 Å². The summed E-state index contributed by atoms with van der Waals surface area (Å²) < 4.78 is 4.50. The molecule has 0 aliphatic rings. The monoisotopic (exact) mass is 273 g/mol. The number of rotatable bonds is 3. The molecule has 0 radical (unpaired) electrons. The van der Waals surface area contributed by atoms with Crippen LogP contribution in [0.4, 0.5) is 0 Å². The number of aliphatic imine (C=N–C) groups is 1. The molecule has 1 rings (SSSR count). The van der Waals surface area contributed by atoms with Gasteiger partial charge in [0, 0.05) is 11.8 Å². The van der Waals surface area contributed by atoms with Crippen molar-refractivity contribution in [3.05, 3.63) is 35.4 Å². The zero-order valence-electron chi connectivity index (χ0n) is 11.9. The Balaban J connectivity index is 2.66. The summed E-state index contributed by atoms with van der Waals surface area (Å²) in [5.41, 5.74) is 5.27. The minimum Gasteiger partial charge on any atom is -0.468 e. The van der Waals surface area contributed by atoms with Crippen molar-refractivity contribution in [1.29, 1.82) is 0 Å². The van der Waals surface area contributed by atoms with Crippen LogP contribution in [0.25, 0.3) is 0 Å². The Bertz CT molecular complexity index is 516. The lowest BCUT2D eigenvalue weighted by molar-refractivity contribution is -0.138. The molecule has 0 fully saturated rings. The molecule has 100 valence electrons. The van der Waals surface area contributed by atoms with Crippen LogP contribution in [0, 0.1) is 11.5 Å². The third kappa shape index (κ3) is 6.58. The van der Waals surface area contributed by atoms with Gasteiger partial charge in [-0.2, -0.15) is 0 Å². The molecule has 0 bridgehead atoms. The van der Waals surface area contributed by atoms with E-state index < -0.39 is 8.07 Å². The maximum absolute atomic E-state index is 10.9. The Morgan fingerprint density at radius 1 is 1.32 bits per heavy atom. The van der Waals surface area contributed by atoms with E-state index in [4.69, 9.17) is 0 Å². The van der Waals surface area contributed by atoms with Crippen LogP contribution in [0.15, 0.2) is 29.3 Å². The summed E-state index contributed by atoms with van der Waals surface area (Å²) in [6.45, 7) is 6.70. The van der Waals surface area contributed by atoms with Crippen molar-refractivity contribution >= 4 is 20.3 Å². The van der Waals surface area contributed by atoms with Gasteiger partial charge in [0.2, 0.25) is 0 Å². The number of benzene rings is 1. The van der Waals surface area contributed by atoms with Crippen molar-refractivity contribution in [1.82, 2.24) is 0 Å². The number of methoxy groups -OCH3 is 1. The molecular formula is C15H19NO2Si. The van der Waals surface area contributed by atoms with E-state index in [1.54, 1.807) is 6.21 Å². The molecule has 3 nitrogen and oxygen atoms in total. The molecule has 0 aliphatic carbocycles. The van der Waals surface area contributed by atoms with Gasteiger partial charge in [-0.3, -0.25) is 9.79 Å². The zero-order chi connectivity index (χ0) is 14.3. The van der Waals surface area contributed by atoms with E-state index in [-0.39, 0.29) is 12.5 Å². The third-order valence-electron chi connectivity index (χ3n) is 2.18. The molecular weight excluding hydrogens is 254 g/mol. The Morgan fingerprint density at radius 3 is 2.47 bits per heavy atom. The smallest absolute Gasteiger partial charge is 0.327 e. The van der Waals surface area contributed by atoms with Crippen LogP contribution < -0.4 is 0 Å². The molecule has 19 heavy (non-hydrogen) atoms. The molecule has 0 atom stereocenters. The lowest BCUT2D eigenvalue weighted by atomic mass is 10.1. The molecule has 0 saturated carbocycles. The van der Waals surface area contributed by atoms with Gasteiger partial charge in [0.1, 0.15) is 14.6 Å². The van der Waals surface area contributed by atoms with Crippen LogP contribution in [0.1, 0.15) is 11.1 Å². The maximum atomic E-state index is 10.9. The van der Waals surface area contributed by atoms with Crippen LogP contribution in [0.3, 0.4) is 0 Å². The minimum atomic E-state index is -1.33. The quantitative estimate of drug-likeness (QED) is 0.367. The highest BCUT2D eigenvalue weighted by Crippen LogP contribution is 2.03. The van der Waals surface area contributed by atoms with Gasteiger partial charge in [-0.1, -0.05) is 37.7 Å². The van der Waals surface area contributed by atoms with Crippen molar-refractivity contribution in [2.45, 2.75) is 19.6 Å². The van der Waals surface area contributed by atoms with Gasteiger partial charge in [-0.05, 0) is 17.7 Å². The van der Waals surface area contributed by atoms with E-state index in [0.717, 1.165) is 11.1 Å². The predicted molar refractivity (Wildman–Crippen MR) is 81.1 cm³/mol. The Labute approximate surface area is 115 Å². The van der Waals surface area contributed by atoms with Crippen molar-refractivity contribution in [3.63, 3.8) is 0 Å². The second kappa shape index (κ2) is 6.91. The van der Waals surface area contributed by atoms with Crippen LogP contribution in [-0.2, 0) is 9.53 Å². The fraction of sp³-hybridized carbons (Fsp3) is 0.333. The summed E-state index contributed by atoms with van der Waals surface area (Å²) in [6.07, 6.45) is 1.66. The average Bonchev–Trinajstić information content (AvgIpc) is 2.36. The lowest BCUT2D eigenvalue weighted by Crippen LogP contribution is -2.16. The molecule has 0 aromatic heterocycles. The summed E-state index contributed by atoms with van der Waals surface area (Å²) >= 11 is 0. The van der Waals surface area contributed by atoms with Gasteiger partial charge in [0.05, 0.1) is 7.11 Å². The molecule has 0 spiro atoms. The summed E-state index contributed by atoms with van der Waals surface area (Å²) in [4.78, 5) is 14.9. The number of nitrogens with zero attached hydrogens (tertiary/aromatic N) is 1. The largest absolute Gasteiger partial charge is 0.468 e. The molecule has 0 amide bonds. The first-order valence-electron chi connectivity index (χ1n) is 6.10. The number of ether oxygens (including phenoxy) is 1. The van der Waals surface area contributed by atoms with Gasteiger partial charge < -0.3 is 4.74 Å². The molecule has 0 aliphatic heterocycles. The second-order valence-corrected chi connectivity index (χ2v) is 9.92. The van der Waals surface area contributed by atoms with Gasteiger partial charge in [0.25, 0.3) is 0 Å². The topological polar surface area (TPSA) is 38.7 Å². The maximum Gasteiger partial charge on any atom is 0.327 e. The van der Waals surface area contributed by atoms with Crippen LogP contribution in [0.5, 0.6) is 0 Å². The molecule has 4 heteroatoms. The average molecular weight is 273 g/mol. The van der Waals surface area contributed by atoms with Gasteiger partial charge in [-0.25, -0.2) is 0 Å². The van der Waals surface area contributed by atoms with Crippen molar-refractivity contribution in [2.24, 2.45) is 4.99 Å². The van der Waals surface area contributed by atoms with Crippen molar-refractivity contribution in [3.8, 4) is 11.5 Å². The molecule has 0 heterocycles. The summed E-state index contributed by atoms with van der Waals surface area (Å²) in [5, 5.41) is 0. The first-order chi connectivity index (χ1) is 8.90. The van der Waals surface area contributed by atoms with Gasteiger partial charge >= 0.3 is 5.97 Å². The van der Waals surface area contributed by atoms with Crippen LogP contribution in [0.2, 0.25) is 19.6 Å². The van der Waals surface area contributed by atoms with E-state index >= 15 is 0 Å². The van der Waals surface area contributed by atoms with E-state index in [9.17, 15) is 4.79 Å². The Hall–Kier alpha value is -1.86. The number of hydrogen-bond donors (Lipinski definition) is 0. The summed E-state index contributed by atoms with van der Waals surface area (Å²) in [6, 6.07) is 7.81. The molecule has 1 aromatic carbocycles. The SMILES string of the molecule is COC(=O)CN=Cc1ccc(C#C[Si](C)(C)C)cc1. The van der Waals surface area contributed by atoms with Gasteiger partial charge in [0.15, 0.2) is 0 Å². The summed E-state index contributed by atoms with van der Waals surface area (Å²) in [5.74, 6) is 2.85. The highest BCUT2D eigenvalue weighted by atomic mass is 28.3. The zero-order valence-corrected chi connectivity index (χ0v) is 12.9. The van der Waals surface area contributed by atoms with Crippen molar-refractivity contribution in [2.75, 3.05) is 13.7 Å². The van der Waals surface area contributed by atoms with Crippen molar-refractivity contribution < 1.29 is 9.53 Å². The van der Waals surface area contributed by atoms with Gasteiger partial charge in [-0.15, -0.1) is 5.54 Å². The summed E-state index contributed by atoms with van der Waals surface area (Å²) in [7, 11) is 0.0208. The van der Waals surface area contributed by atoms with E-state index in [1.807, 2.05) is 24.3 Å². The Morgan fingerprint density at radius 2 is 1.95 bits per heavy atom. The second-order valence-electron chi connectivity index (χ2n) is 5.17. The fourth-order valence-electron chi connectivity index (χ4n) is 1.20. The Kier molecular flexibility index (Phi) is 5.52. The molecule has 0 N–H and O–H groups in total. The molecule has 0 unspecified atom stereocenters. The molecule has 1 aromatic rings. The highest BCUT2D eigenvalue weighted by molar-refractivity contribution is 6.83. The first-order valence-corrected chi connectivity index (χ1v) is 9.60. The van der Waals surface area contributed by atoms with E-state index in [0.29, 0.717) is 0 Å². The van der Waals surface area contributed by atoms with Crippen LogP contribution in [-0.4, -0.2) is 33.9 Å². The van der Waals surface area contributed by atoms with E-state index in [1.165, 1.54) is 7.11 Å². The number of carbonyl (C=O) groups is 1. The fourth-order valence-corrected chi connectivity index (χ4v) is 1.72. The highest BCUT2D eigenvalue weighted by Gasteiger charge is 2.07. The molecule has 0 saturated heterocycles. The number of carbonyl (C=O) groups excluding carboxylic acids is 1. The van der Waals surface area contributed by atoms with E-state index in [2.05, 4.69) is 40.8 Å². The normalized spacial score (nSPS) is 10.9. The first kappa shape index (κ1) is 15.2.